The zero-order chi connectivity index (χ0) is 9.47. The highest BCUT2D eigenvalue weighted by atomic mass is 35.5. The molecule has 1 saturated heterocycles. The largest absolute Gasteiger partial charge is 0.465 e. The molecule has 3 N–H and O–H groups in total. The SMILES string of the molecule is CCOC(=O)C12CC1CC(N)CN2.Cl.Cl. The maximum atomic E-state index is 11.5. The molecule has 2 fully saturated rings. The van der Waals surface area contributed by atoms with Crippen LogP contribution in [0.1, 0.15) is 19.8 Å². The first-order chi connectivity index (χ1) is 6.19. The molecule has 1 aliphatic heterocycles. The fraction of sp³-hybridized carbons (Fsp3) is 0.889. The molecule has 15 heavy (non-hydrogen) atoms. The Morgan fingerprint density at radius 1 is 1.60 bits per heavy atom. The average molecular weight is 257 g/mol. The Morgan fingerprint density at radius 3 is 2.80 bits per heavy atom. The molecule has 1 aliphatic carbocycles. The van der Waals surface area contributed by atoms with E-state index in [2.05, 4.69) is 5.32 Å². The fourth-order valence-corrected chi connectivity index (χ4v) is 2.17. The summed E-state index contributed by atoms with van der Waals surface area (Å²) < 4.78 is 5.02. The first kappa shape index (κ1) is 15.0. The molecule has 3 atom stereocenters. The van der Waals surface area contributed by atoms with Gasteiger partial charge in [0.1, 0.15) is 5.54 Å². The number of rotatable bonds is 2. The van der Waals surface area contributed by atoms with Gasteiger partial charge in [0.15, 0.2) is 0 Å². The van der Waals surface area contributed by atoms with Crippen molar-refractivity contribution in [2.75, 3.05) is 13.2 Å². The van der Waals surface area contributed by atoms with Crippen molar-refractivity contribution in [3.63, 3.8) is 0 Å². The molecule has 0 spiro atoms. The van der Waals surface area contributed by atoms with Crippen molar-refractivity contribution < 1.29 is 9.53 Å². The Bertz CT molecular complexity index is 240. The highest BCUT2D eigenvalue weighted by Crippen LogP contribution is 2.49. The monoisotopic (exact) mass is 256 g/mol. The quantitative estimate of drug-likeness (QED) is 0.706. The van der Waals surface area contributed by atoms with Crippen LogP contribution in [0.4, 0.5) is 0 Å². The molecular formula is C9H18Cl2N2O2. The van der Waals surface area contributed by atoms with Crippen LogP contribution in [0.2, 0.25) is 0 Å². The Kier molecular flexibility index (Phi) is 5.33. The van der Waals surface area contributed by atoms with Gasteiger partial charge in [0.05, 0.1) is 6.61 Å². The van der Waals surface area contributed by atoms with E-state index in [0.29, 0.717) is 12.5 Å². The van der Waals surface area contributed by atoms with Gasteiger partial charge in [0.2, 0.25) is 0 Å². The number of hydrogen-bond donors (Lipinski definition) is 2. The van der Waals surface area contributed by atoms with Crippen LogP contribution >= 0.6 is 24.8 Å². The summed E-state index contributed by atoms with van der Waals surface area (Å²) >= 11 is 0. The van der Waals surface area contributed by atoms with E-state index < -0.39 is 0 Å². The Morgan fingerprint density at radius 2 is 2.27 bits per heavy atom. The molecule has 4 nitrogen and oxygen atoms in total. The number of fused-ring (bicyclic) bond motifs is 1. The molecule has 90 valence electrons. The standard InChI is InChI=1S/C9H16N2O2.2ClH/c1-2-13-8(12)9-4-6(9)3-7(10)5-11-9;;/h6-7,11H,2-5,10H2,1H3;2*1H. The maximum absolute atomic E-state index is 11.5. The van der Waals surface area contributed by atoms with Gasteiger partial charge in [-0.1, -0.05) is 0 Å². The minimum Gasteiger partial charge on any atom is -0.465 e. The third kappa shape index (κ3) is 2.56. The summed E-state index contributed by atoms with van der Waals surface area (Å²) in [6.45, 7) is 3.02. The van der Waals surface area contributed by atoms with Crippen molar-refractivity contribution in [1.82, 2.24) is 5.32 Å². The van der Waals surface area contributed by atoms with Crippen LogP contribution in [0, 0.1) is 5.92 Å². The number of halogens is 2. The summed E-state index contributed by atoms with van der Waals surface area (Å²) in [6, 6.07) is 0.204. The highest BCUT2D eigenvalue weighted by Gasteiger charge is 2.62. The predicted octanol–water partition coefficient (Wildman–Crippen LogP) is 0.472. The van der Waals surface area contributed by atoms with E-state index in [1.54, 1.807) is 0 Å². The van der Waals surface area contributed by atoms with E-state index in [1.807, 2.05) is 6.92 Å². The van der Waals surface area contributed by atoms with Gasteiger partial charge < -0.3 is 15.8 Å². The van der Waals surface area contributed by atoms with Crippen molar-refractivity contribution in [2.45, 2.75) is 31.3 Å². The average Bonchev–Trinajstić information content (AvgIpc) is 2.79. The van der Waals surface area contributed by atoms with Gasteiger partial charge >= 0.3 is 5.97 Å². The van der Waals surface area contributed by atoms with Crippen LogP contribution in [0.3, 0.4) is 0 Å². The van der Waals surface area contributed by atoms with E-state index in [4.69, 9.17) is 10.5 Å². The second kappa shape index (κ2) is 5.34. The zero-order valence-electron chi connectivity index (χ0n) is 8.69. The summed E-state index contributed by atoms with van der Waals surface area (Å²) in [5.74, 6) is 0.321. The van der Waals surface area contributed by atoms with Gasteiger partial charge in [-0.15, -0.1) is 24.8 Å². The third-order valence-corrected chi connectivity index (χ3v) is 3.01. The van der Waals surface area contributed by atoms with Gasteiger partial charge in [0, 0.05) is 12.6 Å². The first-order valence-electron chi connectivity index (χ1n) is 4.87. The lowest BCUT2D eigenvalue weighted by Crippen LogP contribution is -2.51. The van der Waals surface area contributed by atoms with E-state index in [0.717, 1.165) is 19.4 Å². The number of nitrogens with two attached hydrogens (primary N) is 1. The summed E-state index contributed by atoms with van der Waals surface area (Å²) in [5, 5.41) is 3.20. The lowest BCUT2D eigenvalue weighted by molar-refractivity contribution is -0.147. The van der Waals surface area contributed by atoms with Crippen LogP contribution in [-0.4, -0.2) is 30.7 Å². The maximum Gasteiger partial charge on any atom is 0.326 e. The number of hydrogen-bond acceptors (Lipinski definition) is 4. The van der Waals surface area contributed by atoms with Crippen LogP contribution < -0.4 is 11.1 Å². The van der Waals surface area contributed by atoms with Gasteiger partial charge in [-0.05, 0) is 25.7 Å². The second-order valence-corrected chi connectivity index (χ2v) is 3.97. The molecule has 3 unspecified atom stereocenters. The fourth-order valence-electron chi connectivity index (χ4n) is 2.17. The zero-order valence-corrected chi connectivity index (χ0v) is 10.3. The Balaban J connectivity index is 0.000000980. The molecule has 0 aromatic heterocycles. The van der Waals surface area contributed by atoms with Gasteiger partial charge in [0.25, 0.3) is 0 Å². The predicted molar refractivity (Wildman–Crippen MR) is 62.6 cm³/mol. The minimum atomic E-state index is -0.355. The van der Waals surface area contributed by atoms with E-state index in [1.165, 1.54) is 0 Å². The van der Waals surface area contributed by atoms with Crippen molar-refractivity contribution in [3.8, 4) is 0 Å². The summed E-state index contributed by atoms with van der Waals surface area (Å²) in [6.07, 6.45) is 1.85. The molecule has 6 heteroatoms. The van der Waals surface area contributed by atoms with Crippen molar-refractivity contribution in [3.05, 3.63) is 0 Å². The molecular weight excluding hydrogens is 239 g/mol. The lowest BCUT2D eigenvalue weighted by Gasteiger charge is -2.25. The normalized spacial score (nSPS) is 36.7. The third-order valence-electron chi connectivity index (χ3n) is 3.01. The number of esters is 1. The summed E-state index contributed by atoms with van der Waals surface area (Å²) in [7, 11) is 0. The number of carbonyl (C=O) groups is 1. The molecule has 2 aliphatic rings. The molecule has 1 saturated carbocycles. The van der Waals surface area contributed by atoms with Crippen LogP contribution in [-0.2, 0) is 9.53 Å². The van der Waals surface area contributed by atoms with Crippen molar-refractivity contribution in [1.29, 1.82) is 0 Å². The Labute approximate surface area is 102 Å². The first-order valence-corrected chi connectivity index (χ1v) is 4.87. The van der Waals surface area contributed by atoms with Crippen molar-refractivity contribution in [2.24, 2.45) is 11.7 Å². The number of carbonyl (C=O) groups excluding carboxylic acids is 1. The molecule has 0 radical (unpaired) electrons. The van der Waals surface area contributed by atoms with Crippen LogP contribution in [0.5, 0.6) is 0 Å². The van der Waals surface area contributed by atoms with Gasteiger partial charge in [-0.25, -0.2) is 0 Å². The number of nitrogens with one attached hydrogen (secondary N) is 1. The Hall–Kier alpha value is -0.0300. The van der Waals surface area contributed by atoms with Gasteiger partial charge in [-0.3, -0.25) is 4.79 Å². The van der Waals surface area contributed by atoms with Gasteiger partial charge in [-0.2, -0.15) is 0 Å². The second-order valence-electron chi connectivity index (χ2n) is 3.97. The van der Waals surface area contributed by atoms with Crippen LogP contribution in [0.25, 0.3) is 0 Å². The van der Waals surface area contributed by atoms with Crippen molar-refractivity contribution >= 4 is 30.8 Å². The number of ether oxygens (including phenoxy) is 1. The highest BCUT2D eigenvalue weighted by molar-refractivity contribution is 5.86. The number of piperidine rings is 1. The van der Waals surface area contributed by atoms with Crippen LogP contribution in [0.15, 0.2) is 0 Å². The smallest absolute Gasteiger partial charge is 0.326 e. The molecule has 0 bridgehead atoms. The molecule has 1 heterocycles. The topological polar surface area (TPSA) is 64.3 Å². The molecule has 0 amide bonds. The van der Waals surface area contributed by atoms with E-state index in [-0.39, 0.29) is 42.4 Å². The summed E-state index contributed by atoms with van der Waals surface area (Å²) in [4.78, 5) is 11.5. The van der Waals surface area contributed by atoms with E-state index in [9.17, 15) is 4.79 Å². The lowest BCUT2D eigenvalue weighted by atomic mass is 10.0. The summed E-state index contributed by atoms with van der Waals surface area (Å²) in [5.41, 5.74) is 5.41. The minimum absolute atomic E-state index is 0. The molecule has 0 aromatic rings. The molecule has 0 aromatic carbocycles. The molecule has 2 rings (SSSR count). The van der Waals surface area contributed by atoms with E-state index >= 15 is 0 Å².